The molecule has 1 heterocycles. The maximum Gasteiger partial charge on any atom is 0.268 e. The summed E-state index contributed by atoms with van der Waals surface area (Å²) in [7, 11) is -4.01. The Balaban J connectivity index is 1.86. The van der Waals surface area contributed by atoms with Gasteiger partial charge in [0.25, 0.3) is 10.0 Å². The van der Waals surface area contributed by atoms with Crippen LogP contribution in [0.5, 0.6) is 0 Å². The highest BCUT2D eigenvalue weighted by atomic mass is 32.2. The summed E-state index contributed by atoms with van der Waals surface area (Å²) in [6.45, 7) is 1.96. The van der Waals surface area contributed by atoms with Gasteiger partial charge in [0, 0.05) is 11.1 Å². The molecular weight excluding hydrogens is 498 g/mol. The number of benzene rings is 5. The molecule has 0 amide bonds. The molecule has 0 N–H and O–H groups in total. The maximum absolute atomic E-state index is 14.7. The first-order chi connectivity index (χ1) is 19.1. The molecule has 6 aromatic rings. The first kappa shape index (κ1) is 24.7. The van der Waals surface area contributed by atoms with E-state index in [1.807, 2.05) is 140 Å². The fourth-order valence-corrected chi connectivity index (χ4v) is 6.66. The summed E-state index contributed by atoms with van der Waals surface area (Å²) in [5.41, 5.74) is 7.58. The third-order valence-electron chi connectivity index (χ3n) is 6.91. The summed E-state index contributed by atoms with van der Waals surface area (Å²) in [5, 5.41) is 0. The number of hydrogen-bond donors (Lipinski definition) is 0. The zero-order valence-electron chi connectivity index (χ0n) is 21.5. The Kier molecular flexibility index (Phi) is 6.47. The molecule has 0 aliphatic carbocycles. The van der Waals surface area contributed by atoms with Crippen LogP contribution >= 0.6 is 0 Å². The molecule has 0 saturated heterocycles. The predicted molar refractivity (Wildman–Crippen MR) is 160 cm³/mol. The molecule has 0 fully saturated rings. The van der Waals surface area contributed by atoms with Gasteiger partial charge in [-0.25, -0.2) is 12.4 Å². The minimum Gasteiger partial charge on any atom is -0.232 e. The molecule has 190 valence electrons. The second-order valence-electron chi connectivity index (χ2n) is 9.49. The highest BCUT2D eigenvalue weighted by Crippen LogP contribution is 2.49. The van der Waals surface area contributed by atoms with Crippen molar-refractivity contribution in [1.82, 2.24) is 3.97 Å². The Hall–Kier alpha value is -4.67. The third-order valence-corrected chi connectivity index (χ3v) is 8.62. The summed E-state index contributed by atoms with van der Waals surface area (Å²) in [4.78, 5) is 0.247. The molecule has 0 bridgehead atoms. The van der Waals surface area contributed by atoms with Gasteiger partial charge in [0.2, 0.25) is 0 Å². The van der Waals surface area contributed by atoms with Crippen LogP contribution in [0.1, 0.15) is 5.56 Å². The van der Waals surface area contributed by atoms with E-state index in [1.165, 1.54) is 0 Å². The second-order valence-corrected chi connectivity index (χ2v) is 11.3. The Morgan fingerprint density at radius 3 is 1.13 bits per heavy atom. The van der Waals surface area contributed by atoms with Crippen LogP contribution in [-0.2, 0) is 10.0 Å². The summed E-state index contributed by atoms with van der Waals surface area (Å²) in [6, 6.07) is 46.8. The van der Waals surface area contributed by atoms with Crippen molar-refractivity contribution < 1.29 is 8.42 Å². The Morgan fingerprint density at radius 2 is 0.769 bits per heavy atom. The van der Waals surface area contributed by atoms with E-state index in [0.29, 0.717) is 11.4 Å². The molecule has 39 heavy (non-hydrogen) atoms. The van der Waals surface area contributed by atoms with E-state index < -0.39 is 10.0 Å². The lowest BCUT2D eigenvalue weighted by molar-refractivity contribution is 0.588. The van der Waals surface area contributed by atoms with E-state index in [0.717, 1.165) is 38.9 Å². The molecule has 0 unspecified atom stereocenters. The van der Waals surface area contributed by atoms with Gasteiger partial charge in [-0.1, -0.05) is 139 Å². The molecule has 0 aliphatic rings. The van der Waals surface area contributed by atoms with Crippen LogP contribution in [0, 0.1) is 6.92 Å². The first-order valence-corrected chi connectivity index (χ1v) is 14.3. The summed E-state index contributed by atoms with van der Waals surface area (Å²) in [6.07, 6.45) is 0. The van der Waals surface area contributed by atoms with E-state index >= 15 is 0 Å². The number of hydrogen-bond acceptors (Lipinski definition) is 2. The van der Waals surface area contributed by atoms with Crippen molar-refractivity contribution in [2.75, 3.05) is 0 Å². The normalized spacial score (nSPS) is 11.4. The van der Waals surface area contributed by atoms with Gasteiger partial charge in [-0.3, -0.25) is 0 Å². The monoisotopic (exact) mass is 525 g/mol. The SMILES string of the molecule is Cc1ccc(S(=O)(=O)n2c(-c3ccccc3)c(-c3ccccc3)c(-c3ccccc3)c2-c2ccccc2)cc1. The zero-order valence-corrected chi connectivity index (χ0v) is 22.3. The lowest BCUT2D eigenvalue weighted by Gasteiger charge is -2.16. The van der Waals surface area contributed by atoms with Crippen molar-refractivity contribution in [3.05, 3.63) is 151 Å². The van der Waals surface area contributed by atoms with Gasteiger partial charge in [-0.2, -0.15) is 0 Å². The van der Waals surface area contributed by atoms with E-state index in [1.54, 1.807) is 16.1 Å². The van der Waals surface area contributed by atoms with Gasteiger partial charge in [0.15, 0.2) is 0 Å². The third kappa shape index (κ3) is 4.49. The number of rotatable bonds is 6. The quantitative estimate of drug-likeness (QED) is 0.218. The minimum atomic E-state index is -4.01. The van der Waals surface area contributed by atoms with Crippen molar-refractivity contribution >= 4 is 10.0 Å². The number of nitrogens with zero attached hydrogens (tertiary/aromatic N) is 1. The van der Waals surface area contributed by atoms with Gasteiger partial charge in [-0.05, 0) is 41.3 Å². The zero-order chi connectivity index (χ0) is 26.8. The van der Waals surface area contributed by atoms with Crippen molar-refractivity contribution in [1.29, 1.82) is 0 Å². The van der Waals surface area contributed by atoms with Crippen LogP contribution < -0.4 is 0 Å². The number of aryl methyl sites for hydroxylation is 1. The van der Waals surface area contributed by atoms with Gasteiger partial charge in [0.05, 0.1) is 16.3 Å². The van der Waals surface area contributed by atoms with E-state index in [2.05, 4.69) is 0 Å². The maximum atomic E-state index is 14.7. The topological polar surface area (TPSA) is 39.1 Å². The summed E-state index contributed by atoms with van der Waals surface area (Å²) in [5.74, 6) is 0. The van der Waals surface area contributed by atoms with Crippen LogP contribution in [0.25, 0.3) is 44.8 Å². The van der Waals surface area contributed by atoms with Crippen molar-refractivity contribution in [3.63, 3.8) is 0 Å². The Bertz CT molecular complexity index is 1730. The van der Waals surface area contributed by atoms with Crippen LogP contribution in [0.4, 0.5) is 0 Å². The van der Waals surface area contributed by atoms with Gasteiger partial charge in [-0.15, -0.1) is 0 Å². The molecule has 5 aromatic carbocycles. The summed E-state index contributed by atoms with van der Waals surface area (Å²) >= 11 is 0. The standard InChI is InChI=1S/C35H27NO2S/c1-26-22-24-31(25-23-26)39(37,38)36-34(29-18-10-4-11-19-29)32(27-14-6-2-7-15-27)33(28-16-8-3-9-17-28)35(36)30-20-12-5-13-21-30/h2-25H,1H3. The van der Waals surface area contributed by atoms with Crippen molar-refractivity contribution in [2.45, 2.75) is 11.8 Å². The number of aromatic nitrogens is 1. The molecule has 0 atom stereocenters. The molecule has 0 saturated carbocycles. The summed E-state index contributed by atoms with van der Waals surface area (Å²) < 4.78 is 31.0. The van der Waals surface area contributed by atoms with Crippen LogP contribution in [0.3, 0.4) is 0 Å². The molecule has 6 rings (SSSR count). The largest absolute Gasteiger partial charge is 0.268 e. The fraction of sp³-hybridized carbons (Fsp3) is 0.0286. The van der Waals surface area contributed by atoms with E-state index in [4.69, 9.17) is 0 Å². The van der Waals surface area contributed by atoms with E-state index in [9.17, 15) is 8.42 Å². The molecule has 1 aromatic heterocycles. The average Bonchev–Trinajstić information content (AvgIpc) is 3.36. The molecule has 0 aliphatic heterocycles. The average molecular weight is 526 g/mol. The van der Waals surface area contributed by atoms with Crippen LogP contribution in [0.2, 0.25) is 0 Å². The lowest BCUT2D eigenvalue weighted by atomic mass is 9.91. The van der Waals surface area contributed by atoms with Crippen molar-refractivity contribution in [3.8, 4) is 44.8 Å². The van der Waals surface area contributed by atoms with Gasteiger partial charge in [0.1, 0.15) is 0 Å². The fourth-order valence-electron chi connectivity index (χ4n) is 5.09. The molecule has 4 heteroatoms. The Labute approximate surface area is 229 Å². The van der Waals surface area contributed by atoms with Crippen molar-refractivity contribution in [2.24, 2.45) is 0 Å². The molecule has 0 radical (unpaired) electrons. The first-order valence-electron chi connectivity index (χ1n) is 12.9. The van der Waals surface area contributed by atoms with E-state index in [-0.39, 0.29) is 4.90 Å². The highest BCUT2D eigenvalue weighted by molar-refractivity contribution is 7.90. The van der Waals surface area contributed by atoms with Gasteiger partial charge < -0.3 is 0 Å². The highest BCUT2D eigenvalue weighted by Gasteiger charge is 2.33. The lowest BCUT2D eigenvalue weighted by Crippen LogP contribution is -2.16. The molecule has 3 nitrogen and oxygen atoms in total. The predicted octanol–water partition coefficient (Wildman–Crippen LogP) is 8.70. The van der Waals surface area contributed by atoms with Gasteiger partial charge >= 0.3 is 0 Å². The Morgan fingerprint density at radius 1 is 0.436 bits per heavy atom. The molecule has 0 spiro atoms. The van der Waals surface area contributed by atoms with Crippen LogP contribution in [0.15, 0.2) is 150 Å². The smallest absolute Gasteiger partial charge is 0.232 e. The second kappa shape index (κ2) is 10.2. The van der Waals surface area contributed by atoms with Crippen LogP contribution in [-0.4, -0.2) is 12.4 Å². The minimum absolute atomic E-state index is 0.247. The molecular formula is C35H27NO2S.